The van der Waals surface area contributed by atoms with Crippen molar-refractivity contribution in [1.82, 2.24) is 0 Å². The third-order valence-corrected chi connectivity index (χ3v) is 10.6. The second kappa shape index (κ2) is 9.30. The van der Waals surface area contributed by atoms with Crippen LogP contribution in [0.5, 0.6) is 0 Å². The highest BCUT2D eigenvalue weighted by Crippen LogP contribution is 2.62. The normalized spacial score (nSPS) is 42.6. The van der Waals surface area contributed by atoms with E-state index in [0.717, 1.165) is 0 Å². The van der Waals surface area contributed by atoms with Crippen LogP contribution in [0, 0.1) is 29.6 Å². The van der Waals surface area contributed by atoms with Crippen LogP contribution in [0.15, 0.2) is 0 Å². The number of alkyl halides is 2. The molecule has 0 aromatic carbocycles. The summed E-state index contributed by atoms with van der Waals surface area (Å²) in [4.78, 5) is 50.9. The predicted molar refractivity (Wildman–Crippen MR) is 134 cm³/mol. The lowest BCUT2D eigenvalue weighted by Crippen LogP contribution is -2.68. The maximum atomic E-state index is 14.0. The molecule has 43 heavy (non-hydrogen) atoms. The Labute approximate surface area is 245 Å². The summed E-state index contributed by atoms with van der Waals surface area (Å²) in [5.74, 6) is -7.07. The van der Waals surface area contributed by atoms with Crippen molar-refractivity contribution in [3.63, 3.8) is 0 Å². The van der Waals surface area contributed by atoms with Gasteiger partial charge >= 0.3 is 39.2 Å². The van der Waals surface area contributed by atoms with Gasteiger partial charge in [-0.1, -0.05) is 0 Å². The number of hydrogen-bond acceptors (Lipinski definition) is 12. The molecule has 7 rings (SSSR count). The number of hydrogen-bond donors (Lipinski definition) is 2. The number of fused-ring (bicyclic) bond motifs is 1. The van der Waals surface area contributed by atoms with Crippen molar-refractivity contribution in [3.8, 4) is 0 Å². The predicted octanol–water partition coefficient (Wildman–Crippen LogP) is 1.29. The quantitative estimate of drug-likeness (QED) is 0.221. The van der Waals surface area contributed by atoms with Crippen LogP contribution in [0.2, 0.25) is 0 Å². The van der Waals surface area contributed by atoms with E-state index < -0.39 is 98.2 Å². The third kappa shape index (κ3) is 5.01. The molecule has 1 aliphatic heterocycles. The molecule has 7 fully saturated rings. The van der Waals surface area contributed by atoms with Crippen LogP contribution in [0.4, 0.5) is 8.78 Å². The third-order valence-electron chi connectivity index (χ3n) is 9.80. The van der Waals surface area contributed by atoms with Gasteiger partial charge < -0.3 is 28.8 Å². The molecule has 6 saturated carbocycles. The Morgan fingerprint density at radius 1 is 1.05 bits per heavy atom. The van der Waals surface area contributed by atoms with Gasteiger partial charge in [0.15, 0.2) is 0 Å². The first-order valence-corrected chi connectivity index (χ1v) is 15.7. The van der Waals surface area contributed by atoms with Crippen LogP contribution in [-0.2, 0) is 53.0 Å². The summed E-state index contributed by atoms with van der Waals surface area (Å²) in [5, 5.41) is 5.99. The number of carbonyl (C=O) groups is 4. The molecule has 10 atom stereocenters. The highest BCUT2D eigenvalue weighted by molar-refractivity contribution is 7.87. The molecule has 16 heteroatoms. The standard InChI is InChI=1S/C27H34F2O13S/c1-23(2,3)41-21(32)17-14-4-13-16(17)20(31)40-19(13)18(14)39-15(30)8-38-25-6-12-5-24(34,9-25)10-26(7-12,11-25)42-22(33)27(28,29)43(35,36)37/h12-14,16-19,34H,4-11H2,1-3H3,(H,35,36,37). The molecule has 2 N–H and O–H groups in total. The van der Waals surface area contributed by atoms with Crippen LogP contribution < -0.4 is 0 Å². The lowest BCUT2D eigenvalue weighted by molar-refractivity contribution is -0.277. The average molecular weight is 637 g/mol. The van der Waals surface area contributed by atoms with Crippen molar-refractivity contribution < 1.29 is 69.7 Å². The van der Waals surface area contributed by atoms with Gasteiger partial charge in [-0.25, -0.2) is 9.59 Å². The van der Waals surface area contributed by atoms with Crippen LogP contribution in [-0.4, -0.2) is 88.4 Å². The number of esters is 4. The Kier molecular flexibility index (Phi) is 6.61. The zero-order chi connectivity index (χ0) is 31.5. The minimum absolute atomic E-state index is 0.00847. The summed E-state index contributed by atoms with van der Waals surface area (Å²) >= 11 is 0. The van der Waals surface area contributed by atoms with Gasteiger partial charge in [-0.05, 0) is 52.4 Å². The van der Waals surface area contributed by atoms with E-state index in [0.29, 0.717) is 12.8 Å². The monoisotopic (exact) mass is 636 g/mol. The molecule has 0 radical (unpaired) electrons. The summed E-state index contributed by atoms with van der Waals surface area (Å²) in [5.41, 5.74) is -5.27. The van der Waals surface area contributed by atoms with Gasteiger partial charge in [0.25, 0.3) is 0 Å². The molecule has 7 aliphatic rings. The molecule has 0 aromatic rings. The number of aliphatic hydroxyl groups is 1. The Morgan fingerprint density at radius 2 is 1.70 bits per heavy atom. The van der Waals surface area contributed by atoms with Crippen LogP contribution in [0.3, 0.4) is 0 Å². The van der Waals surface area contributed by atoms with Gasteiger partial charge in [0.2, 0.25) is 0 Å². The van der Waals surface area contributed by atoms with E-state index in [1.165, 1.54) is 0 Å². The second-order valence-electron chi connectivity index (χ2n) is 14.3. The first-order chi connectivity index (χ1) is 19.7. The average Bonchev–Trinajstić information content (AvgIpc) is 3.43. The number of halogens is 2. The van der Waals surface area contributed by atoms with Gasteiger partial charge in [-0.15, -0.1) is 0 Å². The van der Waals surface area contributed by atoms with Gasteiger partial charge in [-0.3, -0.25) is 14.1 Å². The zero-order valence-corrected chi connectivity index (χ0v) is 24.6. The van der Waals surface area contributed by atoms with Gasteiger partial charge in [0.05, 0.1) is 23.0 Å². The molecule has 13 nitrogen and oxygen atoms in total. The smallest absolute Gasteiger partial charge is 0.460 e. The van der Waals surface area contributed by atoms with E-state index in [1.807, 2.05) is 0 Å². The maximum Gasteiger partial charge on any atom is 0.465 e. The van der Waals surface area contributed by atoms with Crippen molar-refractivity contribution in [2.75, 3.05) is 6.61 Å². The summed E-state index contributed by atoms with van der Waals surface area (Å²) in [6, 6.07) is 0. The van der Waals surface area contributed by atoms with Crippen molar-refractivity contribution in [1.29, 1.82) is 0 Å². The highest BCUT2D eigenvalue weighted by Gasteiger charge is 2.71. The van der Waals surface area contributed by atoms with Crippen LogP contribution in [0.1, 0.15) is 65.7 Å². The molecule has 0 aromatic heterocycles. The Balaban J connectivity index is 1.14. The summed E-state index contributed by atoms with van der Waals surface area (Å²) < 4.78 is 86.8. The summed E-state index contributed by atoms with van der Waals surface area (Å²) in [6.07, 6.45) is -0.979. The fraction of sp³-hybridized carbons (Fsp3) is 0.852. The highest BCUT2D eigenvalue weighted by atomic mass is 32.2. The fourth-order valence-corrected chi connectivity index (χ4v) is 9.34. The van der Waals surface area contributed by atoms with Crippen molar-refractivity contribution in [3.05, 3.63) is 0 Å². The SMILES string of the molecule is CC(C)(C)OC(=O)C1C2CC3C(OC(=O)C31)C2OC(=O)COC12CC3CC(O)(C1)CC(OC(=O)C(F)(F)S(=O)(=O)O)(C3)C2. The number of carbonyl (C=O) groups excluding carboxylic acids is 4. The fourth-order valence-electron chi connectivity index (χ4n) is 9.09. The molecule has 6 bridgehead atoms. The first kappa shape index (κ1) is 30.6. The van der Waals surface area contributed by atoms with Crippen molar-refractivity contribution >= 4 is 34.0 Å². The van der Waals surface area contributed by atoms with Crippen LogP contribution >= 0.6 is 0 Å². The molecule has 0 amide bonds. The molecule has 1 saturated heterocycles. The lowest BCUT2D eigenvalue weighted by Gasteiger charge is -2.63. The Morgan fingerprint density at radius 3 is 2.33 bits per heavy atom. The lowest BCUT2D eigenvalue weighted by atomic mass is 9.50. The van der Waals surface area contributed by atoms with Crippen molar-refractivity contribution in [2.24, 2.45) is 29.6 Å². The van der Waals surface area contributed by atoms with E-state index in [2.05, 4.69) is 0 Å². The van der Waals surface area contributed by atoms with Gasteiger partial charge in [0, 0.05) is 31.1 Å². The molecule has 6 aliphatic carbocycles. The largest absolute Gasteiger partial charge is 0.465 e. The Hall–Kier alpha value is -2.43. The molecule has 10 unspecified atom stereocenters. The number of ether oxygens (including phenoxy) is 5. The molecule has 240 valence electrons. The van der Waals surface area contributed by atoms with Gasteiger partial charge in [0.1, 0.15) is 30.0 Å². The van der Waals surface area contributed by atoms with Crippen molar-refractivity contribution in [2.45, 2.75) is 106 Å². The minimum Gasteiger partial charge on any atom is -0.460 e. The van der Waals surface area contributed by atoms with E-state index in [-0.39, 0.29) is 43.9 Å². The number of rotatable bonds is 8. The maximum absolute atomic E-state index is 14.0. The topological polar surface area (TPSA) is 189 Å². The summed E-state index contributed by atoms with van der Waals surface area (Å²) in [7, 11) is -6.10. The first-order valence-electron chi connectivity index (χ1n) is 14.2. The zero-order valence-electron chi connectivity index (χ0n) is 23.7. The van der Waals surface area contributed by atoms with E-state index >= 15 is 0 Å². The van der Waals surface area contributed by atoms with E-state index in [1.54, 1.807) is 20.8 Å². The van der Waals surface area contributed by atoms with E-state index in [4.69, 9.17) is 28.2 Å². The van der Waals surface area contributed by atoms with Crippen LogP contribution in [0.25, 0.3) is 0 Å². The molecule has 0 spiro atoms. The van der Waals surface area contributed by atoms with E-state index in [9.17, 15) is 41.5 Å². The second-order valence-corrected chi connectivity index (χ2v) is 15.7. The molecular formula is C27H34F2O13S. The Bertz CT molecular complexity index is 1380. The molecular weight excluding hydrogens is 602 g/mol. The summed E-state index contributed by atoms with van der Waals surface area (Å²) in [6.45, 7) is 4.47. The van der Waals surface area contributed by atoms with Gasteiger partial charge in [-0.2, -0.15) is 17.2 Å². The molecule has 1 heterocycles. The minimum atomic E-state index is -6.10.